The lowest BCUT2D eigenvalue weighted by Gasteiger charge is -2.44. The van der Waals surface area contributed by atoms with Crippen LogP contribution in [-0.2, 0) is 35.7 Å². The number of aromatic amines is 1. The lowest BCUT2D eigenvalue weighted by Crippen LogP contribution is -2.55. The van der Waals surface area contributed by atoms with Gasteiger partial charge in [0.25, 0.3) is 15.2 Å². The van der Waals surface area contributed by atoms with E-state index in [-0.39, 0.29) is 24.2 Å². The van der Waals surface area contributed by atoms with E-state index in [9.17, 15) is 21.6 Å². The molecular weight excluding hydrogens is 493 g/mol. The zero-order valence-corrected chi connectivity index (χ0v) is 20.9. The number of halogens is 3. The number of aromatic nitrogens is 3. The Bertz CT molecular complexity index is 1240. The van der Waals surface area contributed by atoms with Crippen LogP contribution < -0.4 is 5.32 Å². The van der Waals surface area contributed by atoms with Crippen molar-refractivity contribution in [2.24, 2.45) is 0 Å². The van der Waals surface area contributed by atoms with E-state index in [1.165, 1.54) is 31.5 Å². The van der Waals surface area contributed by atoms with E-state index in [0.717, 1.165) is 44.2 Å². The third-order valence-corrected chi connectivity index (χ3v) is 10.2. The van der Waals surface area contributed by atoms with Crippen molar-refractivity contribution in [3.63, 3.8) is 0 Å². The first-order chi connectivity index (χ1) is 17.1. The monoisotopic (exact) mass is 524 g/mol. The fourth-order valence-electron chi connectivity index (χ4n) is 6.79. The van der Waals surface area contributed by atoms with Gasteiger partial charge in [-0.15, -0.1) is 5.10 Å². The lowest BCUT2D eigenvalue weighted by molar-refractivity contribution is -0.157. The predicted octanol–water partition coefficient (Wildman–Crippen LogP) is 3.71. The van der Waals surface area contributed by atoms with Gasteiger partial charge in [-0.2, -0.15) is 22.5 Å². The maximum Gasteiger partial charge on any atom is 0.401 e. The highest BCUT2D eigenvalue weighted by Crippen LogP contribution is 2.42. The Kier molecular flexibility index (Phi) is 5.84. The third kappa shape index (κ3) is 4.20. The Morgan fingerprint density at radius 2 is 1.64 bits per heavy atom. The van der Waals surface area contributed by atoms with Crippen molar-refractivity contribution in [2.45, 2.75) is 81.1 Å². The average Bonchev–Trinajstić information content (AvgIpc) is 3.61. The molecule has 2 aliphatic carbocycles. The molecule has 1 aromatic carbocycles. The first-order valence-electron chi connectivity index (χ1n) is 12.8. The summed E-state index contributed by atoms with van der Waals surface area (Å²) in [6, 6.07) is 2.33. The molecule has 2 aromatic rings. The van der Waals surface area contributed by atoms with Crippen LogP contribution in [0.3, 0.4) is 0 Å². The number of piperidine rings is 1. The van der Waals surface area contributed by atoms with Crippen molar-refractivity contribution >= 4 is 21.7 Å². The van der Waals surface area contributed by atoms with Crippen molar-refractivity contribution in [3.05, 3.63) is 28.3 Å². The van der Waals surface area contributed by atoms with Crippen molar-refractivity contribution in [1.29, 1.82) is 0 Å². The molecule has 2 saturated heterocycles. The summed E-state index contributed by atoms with van der Waals surface area (Å²) in [5.74, 6) is 0.226. The van der Waals surface area contributed by atoms with Crippen molar-refractivity contribution < 1.29 is 21.6 Å². The van der Waals surface area contributed by atoms with E-state index in [0.29, 0.717) is 32.2 Å². The lowest BCUT2D eigenvalue weighted by atomic mass is 9.86. The summed E-state index contributed by atoms with van der Waals surface area (Å²) >= 11 is 0. The predicted molar refractivity (Wildman–Crippen MR) is 128 cm³/mol. The molecule has 2 fully saturated rings. The quantitative estimate of drug-likeness (QED) is 0.620. The molecule has 12 heteroatoms. The first kappa shape index (κ1) is 24.2. The van der Waals surface area contributed by atoms with E-state index in [1.54, 1.807) is 0 Å². The molecule has 0 saturated carbocycles. The standard InChI is InChI=1S/C24H31F3N6O2S/c25-24(26,27)15-32-11-3-8-23(32)9-12-33(13-10-23)36(34,35)22-29-21(30-31-22)28-20-18-6-1-4-16(18)14-17-5-2-7-19(17)20/h14H,1-13,15H2,(H2,28,29,30,31). The molecule has 4 aliphatic rings. The van der Waals surface area contributed by atoms with E-state index >= 15 is 0 Å². The number of alkyl halides is 3. The molecule has 0 bridgehead atoms. The number of H-pyrrole nitrogens is 1. The molecule has 36 heavy (non-hydrogen) atoms. The highest BCUT2D eigenvalue weighted by molar-refractivity contribution is 7.88. The number of benzene rings is 1. The molecule has 1 spiro atoms. The molecule has 196 valence electrons. The Hall–Kier alpha value is -2.18. The van der Waals surface area contributed by atoms with E-state index in [1.807, 2.05) is 0 Å². The summed E-state index contributed by atoms with van der Waals surface area (Å²) < 4.78 is 67.1. The maximum absolute atomic E-state index is 13.3. The number of nitrogens with zero attached hydrogens (tertiary/aromatic N) is 4. The second kappa shape index (κ2) is 8.70. The topological polar surface area (TPSA) is 94.2 Å². The summed E-state index contributed by atoms with van der Waals surface area (Å²) in [5.41, 5.74) is 5.73. The average molecular weight is 525 g/mol. The molecule has 3 heterocycles. The number of aryl methyl sites for hydroxylation is 2. The van der Waals surface area contributed by atoms with Crippen molar-refractivity contribution in [1.82, 2.24) is 24.4 Å². The molecule has 0 amide bonds. The largest absolute Gasteiger partial charge is 0.401 e. The zero-order chi connectivity index (χ0) is 25.1. The first-order valence-corrected chi connectivity index (χ1v) is 14.3. The van der Waals surface area contributed by atoms with Crippen molar-refractivity contribution in [3.8, 4) is 0 Å². The van der Waals surface area contributed by atoms with Crippen LogP contribution in [-0.4, -0.2) is 70.7 Å². The minimum Gasteiger partial charge on any atom is -0.322 e. The highest BCUT2D eigenvalue weighted by atomic mass is 32.2. The Balaban J connectivity index is 1.18. The number of likely N-dealkylation sites (tertiary alicyclic amines) is 1. The fraction of sp³-hybridized carbons (Fsp3) is 0.667. The molecule has 1 aromatic heterocycles. The van der Waals surface area contributed by atoms with Gasteiger partial charge in [0.15, 0.2) is 0 Å². The summed E-state index contributed by atoms with van der Waals surface area (Å²) in [7, 11) is -3.93. The van der Waals surface area contributed by atoms with Gasteiger partial charge in [0, 0.05) is 24.3 Å². The van der Waals surface area contributed by atoms with Gasteiger partial charge in [-0.25, -0.2) is 13.5 Å². The smallest absolute Gasteiger partial charge is 0.322 e. The van der Waals surface area contributed by atoms with Gasteiger partial charge in [0.2, 0.25) is 5.95 Å². The van der Waals surface area contributed by atoms with E-state index < -0.39 is 28.3 Å². The normalized spacial score (nSPS) is 22.3. The molecule has 2 N–H and O–H groups in total. The number of sulfonamides is 1. The van der Waals surface area contributed by atoms with Gasteiger partial charge >= 0.3 is 6.18 Å². The van der Waals surface area contributed by atoms with Crippen LogP contribution >= 0.6 is 0 Å². The number of fused-ring (bicyclic) bond motifs is 2. The van der Waals surface area contributed by atoms with Gasteiger partial charge in [-0.05, 0) is 93.0 Å². The molecule has 8 nitrogen and oxygen atoms in total. The number of anilines is 2. The molecule has 6 rings (SSSR count). The Morgan fingerprint density at radius 1 is 0.972 bits per heavy atom. The van der Waals surface area contributed by atoms with Crippen molar-refractivity contribution in [2.75, 3.05) is 31.5 Å². The summed E-state index contributed by atoms with van der Waals surface area (Å²) in [4.78, 5) is 5.79. The van der Waals surface area contributed by atoms with Gasteiger partial charge in [-0.3, -0.25) is 4.90 Å². The van der Waals surface area contributed by atoms with Crippen LogP contribution in [0.4, 0.5) is 24.8 Å². The maximum atomic E-state index is 13.3. The fourth-order valence-corrected chi connectivity index (χ4v) is 8.06. The van der Waals surface area contributed by atoms with Crippen LogP contribution in [0.1, 0.15) is 60.8 Å². The molecule has 0 unspecified atom stereocenters. The Labute approximate surface area is 208 Å². The SMILES string of the molecule is O=S(=O)(c1nc(Nc2c3c(cc4c2CCC4)CCC3)n[nH]1)N1CCC2(CCCN2CC(F)(F)F)CC1. The minimum atomic E-state index is -4.26. The molecule has 2 aliphatic heterocycles. The summed E-state index contributed by atoms with van der Waals surface area (Å²) in [6.07, 6.45) is 4.17. The number of rotatable bonds is 5. The number of hydrogen-bond acceptors (Lipinski definition) is 6. The molecular formula is C24H31F3N6O2S. The molecule has 0 atom stereocenters. The second-order valence-corrected chi connectivity index (χ2v) is 12.4. The highest BCUT2D eigenvalue weighted by Gasteiger charge is 2.48. The summed E-state index contributed by atoms with van der Waals surface area (Å²) in [5, 5.41) is 9.83. The van der Waals surface area contributed by atoms with Crippen LogP contribution in [0.15, 0.2) is 11.2 Å². The van der Waals surface area contributed by atoms with E-state index in [4.69, 9.17) is 0 Å². The third-order valence-electron chi connectivity index (χ3n) is 8.52. The second-order valence-electron chi connectivity index (χ2n) is 10.6. The van der Waals surface area contributed by atoms with Gasteiger partial charge < -0.3 is 5.32 Å². The van der Waals surface area contributed by atoms with Crippen LogP contribution in [0.25, 0.3) is 0 Å². The van der Waals surface area contributed by atoms with Crippen LogP contribution in [0, 0.1) is 0 Å². The van der Waals surface area contributed by atoms with Crippen LogP contribution in [0.5, 0.6) is 0 Å². The summed E-state index contributed by atoms with van der Waals surface area (Å²) in [6.45, 7) is -0.209. The molecule has 0 radical (unpaired) electrons. The number of hydrogen-bond donors (Lipinski definition) is 2. The Morgan fingerprint density at radius 3 is 2.28 bits per heavy atom. The van der Waals surface area contributed by atoms with Crippen LogP contribution in [0.2, 0.25) is 0 Å². The van der Waals surface area contributed by atoms with Gasteiger partial charge in [-0.1, -0.05) is 6.07 Å². The van der Waals surface area contributed by atoms with Gasteiger partial charge in [0.1, 0.15) is 0 Å². The minimum absolute atomic E-state index is 0.167. The number of nitrogens with one attached hydrogen (secondary N) is 2. The zero-order valence-electron chi connectivity index (χ0n) is 20.1. The van der Waals surface area contributed by atoms with Gasteiger partial charge in [0.05, 0.1) is 6.54 Å². The van der Waals surface area contributed by atoms with E-state index in [2.05, 4.69) is 26.6 Å².